The molecule has 0 saturated carbocycles. The highest BCUT2D eigenvalue weighted by Gasteiger charge is 2.15. The second-order valence-corrected chi connectivity index (χ2v) is 5.38. The fourth-order valence-electron chi connectivity index (χ4n) is 2.35. The Hall–Kier alpha value is -2.58. The molecule has 0 saturated heterocycles. The number of nitrogens with zero attached hydrogens (tertiary/aromatic N) is 3. The van der Waals surface area contributed by atoms with E-state index in [1.807, 2.05) is 55.4 Å². The molecule has 1 aromatic heterocycles. The number of pyridine rings is 1. The molecule has 0 amide bonds. The van der Waals surface area contributed by atoms with E-state index in [-0.39, 0.29) is 17.0 Å². The molecule has 1 heterocycles. The Morgan fingerprint density at radius 1 is 1.27 bits per heavy atom. The largest absolute Gasteiger partial charge is 0.493 e. The third kappa shape index (κ3) is 3.35. The second-order valence-electron chi connectivity index (χ2n) is 5.38. The Balaban J connectivity index is 2.45. The van der Waals surface area contributed by atoms with Crippen LogP contribution in [0.1, 0.15) is 12.0 Å². The van der Waals surface area contributed by atoms with Crippen LogP contribution in [0.25, 0.3) is 11.1 Å². The summed E-state index contributed by atoms with van der Waals surface area (Å²) in [4.78, 5) is 14.3. The van der Waals surface area contributed by atoms with Crippen molar-refractivity contribution in [1.29, 1.82) is 5.26 Å². The predicted octanol–water partition coefficient (Wildman–Crippen LogP) is 2.04. The van der Waals surface area contributed by atoms with Crippen molar-refractivity contribution in [3.8, 4) is 23.1 Å². The summed E-state index contributed by atoms with van der Waals surface area (Å²) in [6.45, 7) is 1.18. The quantitative estimate of drug-likeness (QED) is 0.917. The highest BCUT2D eigenvalue weighted by molar-refractivity contribution is 5.72. The summed E-state index contributed by atoms with van der Waals surface area (Å²) in [5, 5.41) is 19.7. The van der Waals surface area contributed by atoms with Crippen molar-refractivity contribution in [2.45, 2.75) is 13.0 Å². The summed E-state index contributed by atoms with van der Waals surface area (Å²) in [5.41, 5.74) is 1.05. The van der Waals surface area contributed by atoms with E-state index < -0.39 is 0 Å². The van der Waals surface area contributed by atoms with Crippen LogP contribution >= 0.6 is 0 Å². The molecule has 0 aliphatic heterocycles. The minimum Gasteiger partial charge on any atom is -0.493 e. The molecular weight excluding hydrogens is 278 g/mol. The first kappa shape index (κ1) is 15.8. The Bertz CT molecular complexity index is 743. The smallest absolute Gasteiger partial charge is 0.253 e. The van der Waals surface area contributed by atoms with Gasteiger partial charge in [-0.05, 0) is 32.6 Å². The Labute approximate surface area is 129 Å². The maximum Gasteiger partial charge on any atom is 0.253 e. The van der Waals surface area contributed by atoms with Crippen molar-refractivity contribution in [2.75, 3.05) is 20.6 Å². The Morgan fingerprint density at radius 2 is 1.95 bits per heavy atom. The standard InChI is InChI=1S/C17H19N3O2/c1-19(2)9-6-10-20-16(21)11-14(15(12-18)17(20)22)13-7-4-3-5-8-13/h3-5,7-8,11,22H,6,9-10H2,1-2H3. The molecule has 0 atom stereocenters. The van der Waals surface area contributed by atoms with Crippen molar-refractivity contribution in [3.63, 3.8) is 0 Å². The van der Waals surface area contributed by atoms with Gasteiger partial charge in [0.05, 0.1) is 0 Å². The minimum atomic E-state index is -0.297. The van der Waals surface area contributed by atoms with E-state index in [1.165, 1.54) is 10.6 Å². The summed E-state index contributed by atoms with van der Waals surface area (Å²) >= 11 is 0. The fourth-order valence-corrected chi connectivity index (χ4v) is 2.35. The predicted molar refractivity (Wildman–Crippen MR) is 85.7 cm³/mol. The zero-order valence-corrected chi connectivity index (χ0v) is 12.8. The average molecular weight is 297 g/mol. The van der Waals surface area contributed by atoms with E-state index in [9.17, 15) is 15.2 Å². The van der Waals surface area contributed by atoms with Crippen molar-refractivity contribution in [2.24, 2.45) is 0 Å². The molecule has 5 nitrogen and oxygen atoms in total. The molecule has 2 aromatic rings. The van der Waals surface area contributed by atoms with Crippen LogP contribution in [0.3, 0.4) is 0 Å². The third-order valence-corrected chi connectivity index (χ3v) is 3.47. The molecule has 0 radical (unpaired) electrons. The molecule has 1 N–H and O–H groups in total. The number of rotatable bonds is 5. The molecule has 0 aliphatic rings. The number of aromatic nitrogens is 1. The number of hydrogen-bond donors (Lipinski definition) is 1. The van der Waals surface area contributed by atoms with E-state index in [0.717, 1.165) is 18.5 Å². The molecule has 0 spiro atoms. The van der Waals surface area contributed by atoms with Gasteiger partial charge in [0.2, 0.25) is 5.88 Å². The second kappa shape index (κ2) is 6.92. The Morgan fingerprint density at radius 3 is 2.55 bits per heavy atom. The first-order valence-electron chi connectivity index (χ1n) is 7.11. The van der Waals surface area contributed by atoms with E-state index in [4.69, 9.17) is 0 Å². The minimum absolute atomic E-state index is 0.135. The van der Waals surface area contributed by atoms with Gasteiger partial charge in [0.25, 0.3) is 5.56 Å². The summed E-state index contributed by atoms with van der Waals surface area (Å²) < 4.78 is 1.26. The van der Waals surface area contributed by atoms with Gasteiger partial charge in [-0.15, -0.1) is 0 Å². The molecule has 0 fully saturated rings. The first-order chi connectivity index (χ1) is 10.5. The number of benzene rings is 1. The van der Waals surface area contributed by atoms with Gasteiger partial charge in [0.1, 0.15) is 11.6 Å². The van der Waals surface area contributed by atoms with Gasteiger partial charge >= 0.3 is 0 Å². The molecule has 5 heteroatoms. The molecule has 0 aliphatic carbocycles. The first-order valence-corrected chi connectivity index (χ1v) is 7.11. The molecular formula is C17H19N3O2. The van der Waals surface area contributed by atoms with Gasteiger partial charge in [-0.25, -0.2) is 0 Å². The highest BCUT2D eigenvalue weighted by Crippen LogP contribution is 2.27. The highest BCUT2D eigenvalue weighted by atomic mass is 16.3. The van der Waals surface area contributed by atoms with Gasteiger partial charge in [-0.2, -0.15) is 5.26 Å². The maximum absolute atomic E-state index is 12.3. The zero-order chi connectivity index (χ0) is 16.1. The van der Waals surface area contributed by atoms with Crippen molar-refractivity contribution in [3.05, 3.63) is 52.3 Å². The SMILES string of the molecule is CN(C)CCCn1c(O)c(C#N)c(-c2ccccc2)cc1=O. The summed E-state index contributed by atoms with van der Waals surface area (Å²) in [5.74, 6) is -0.257. The normalized spacial score (nSPS) is 10.6. The van der Waals surface area contributed by atoms with Gasteiger partial charge in [0.15, 0.2) is 0 Å². The maximum atomic E-state index is 12.3. The molecule has 1 aromatic carbocycles. The van der Waals surface area contributed by atoms with Crippen LogP contribution < -0.4 is 5.56 Å². The van der Waals surface area contributed by atoms with Gasteiger partial charge in [-0.1, -0.05) is 30.3 Å². The molecule has 0 unspecified atom stereocenters. The van der Waals surface area contributed by atoms with Crippen molar-refractivity contribution in [1.82, 2.24) is 9.47 Å². The molecule has 114 valence electrons. The van der Waals surface area contributed by atoms with Crippen LogP contribution in [0, 0.1) is 11.3 Å². The van der Waals surface area contributed by atoms with Crippen molar-refractivity contribution < 1.29 is 5.11 Å². The molecule has 2 rings (SSSR count). The average Bonchev–Trinajstić information content (AvgIpc) is 2.50. The number of aromatic hydroxyl groups is 1. The molecule has 0 bridgehead atoms. The van der Waals surface area contributed by atoms with E-state index in [1.54, 1.807) is 0 Å². The van der Waals surface area contributed by atoms with Gasteiger partial charge < -0.3 is 10.0 Å². The number of hydrogen-bond acceptors (Lipinski definition) is 4. The van der Waals surface area contributed by atoms with Crippen molar-refractivity contribution >= 4 is 0 Å². The van der Waals surface area contributed by atoms with Gasteiger partial charge in [-0.3, -0.25) is 9.36 Å². The van der Waals surface area contributed by atoms with Crippen LogP contribution in [0.5, 0.6) is 5.88 Å². The van der Waals surface area contributed by atoms with E-state index >= 15 is 0 Å². The monoisotopic (exact) mass is 297 g/mol. The van der Waals surface area contributed by atoms with Crippen LogP contribution in [0.4, 0.5) is 0 Å². The van der Waals surface area contributed by atoms with E-state index in [0.29, 0.717) is 12.1 Å². The van der Waals surface area contributed by atoms with E-state index in [2.05, 4.69) is 0 Å². The van der Waals surface area contributed by atoms with Gasteiger partial charge in [0, 0.05) is 18.2 Å². The summed E-state index contributed by atoms with van der Waals surface area (Å²) in [6.07, 6.45) is 0.718. The third-order valence-electron chi connectivity index (χ3n) is 3.47. The lowest BCUT2D eigenvalue weighted by molar-refractivity contribution is 0.361. The fraction of sp³-hybridized carbons (Fsp3) is 0.294. The lowest BCUT2D eigenvalue weighted by Crippen LogP contribution is -2.23. The van der Waals surface area contributed by atoms with Crippen LogP contribution in [0.15, 0.2) is 41.2 Å². The number of nitriles is 1. The Kier molecular flexibility index (Phi) is 4.97. The van der Waals surface area contributed by atoms with Crippen LogP contribution in [-0.4, -0.2) is 35.2 Å². The van der Waals surface area contributed by atoms with Crippen LogP contribution in [-0.2, 0) is 6.54 Å². The summed E-state index contributed by atoms with van der Waals surface area (Å²) in [7, 11) is 3.89. The zero-order valence-electron chi connectivity index (χ0n) is 12.8. The topological polar surface area (TPSA) is 69.3 Å². The summed E-state index contributed by atoms with van der Waals surface area (Å²) in [6, 6.07) is 12.6. The molecule has 22 heavy (non-hydrogen) atoms. The lowest BCUT2D eigenvalue weighted by Gasteiger charge is -2.14. The lowest BCUT2D eigenvalue weighted by atomic mass is 10.0. The van der Waals surface area contributed by atoms with Crippen LogP contribution in [0.2, 0.25) is 0 Å².